The molecule has 3 N–H and O–H groups in total. The van der Waals surface area contributed by atoms with Gasteiger partial charge in [-0.15, -0.1) is 0 Å². The van der Waals surface area contributed by atoms with Crippen molar-refractivity contribution in [2.45, 2.75) is 0 Å². The molecule has 0 aromatic carbocycles. The number of aromatic nitrogens is 2. The first-order valence-corrected chi connectivity index (χ1v) is 6.54. The number of carbonyl (C=O) groups excluding carboxylic acids is 2. The minimum atomic E-state index is -1.09. The van der Waals surface area contributed by atoms with Gasteiger partial charge in [-0.25, -0.2) is 9.59 Å². The van der Waals surface area contributed by atoms with Crippen LogP contribution in [0, 0.1) is 0 Å². The van der Waals surface area contributed by atoms with Crippen LogP contribution in [0.3, 0.4) is 0 Å². The average molecular weight is 320 g/mol. The number of carbonyl (C=O) groups is 3. The fourth-order valence-corrected chi connectivity index (χ4v) is 2.07. The van der Waals surface area contributed by atoms with Crippen molar-refractivity contribution in [2.24, 2.45) is 14.1 Å². The quantitative estimate of drug-likeness (QED) is 0.789. The lowest BCUT2D eigenvalue weighted by Crippen LogP contribution is -2.14. The zero-order chi connectivity index (χ0) is 17.1. The molecule has 2 heterocycles. The number of carboxylic acid groups (broad SMARTS) is 1. The molecule has 9 nitrogen and oxygen atoms in total. The van der Waals surface area contributed by atoms with Crippen LogP contribution in [-0.4, -0.2) is 39.3 Å². The Bertz CT molecular complexity index is 774. The number of carboxylic acids is 1. The van der Waals surface area contributed by atoms with E-state index >= 15 is 0 Å². The number of nitrogens with one attached hydrogen (secondary N) is 2. The Balaban J connectivity index is 2.16. The Hall–Kier alpha value is -3.23. The molecule has 0 aliphatic carbocycles. The van der Waals surface area contributed by atoms with Gasteiger partial charge in [-0.1, -0.05) is 0 Å². The van der Waals surface area contributed by atoms with Gasteiger partial charge in [-0.05, 0) is 12.1 Å². The first kappa shape index (κ1) is 16.1. The largest absolute Gasteiger partial charge is 0.477 e. The maximum absolute atomic E-state index is 12.3. The number of hydrogen-bond acceptors (Lipinski definition) is 4. The second kappa shape index (κ2) is 6.26. The highest BCUT2D eigenvalue weighted by molar-refractivity contribution is 6.04. The topological polar surface area (TPSA) is 115 Å². The van der Waals surface area contributed by atoms with Crippen molar-refractivity contribution in [2.75, 3.05) is 17.7 Å². The van der Waals surface area contributed by atoms with Crippen molar-refractivity contribution in [3.63, 3.8) is 0 Å². The van der Waals surface area contributed by atoms with Crippen molar-refractivity contribution in [1.29, 1.82) is 0 Å². The second-order valence-corrected chi connectivity index (χ2v) is 4.83. The van der Waals surface area contributed by atoms with E-state index in [0.717, 1.165) is 0 Å². The van der Waals surface area contributed by atoms with Crippen molar-refractivity contribution in [3.05, 3.63) is 35.9 Å². The maximum atomic E-state index is 12.3. The summed E-state index contributed by atoms with van der Waals surface area (Å²) >= 11 is 0. The highest BCUT2D eigenvalue weighted by Gasteiger charge is 2.16. The number of rotatable bonds is 4. The van der Waals surface area contributed by atoms with E-state index in [0.29, 0.717) is 11.4 Å². The first-order valence-electron chi connectivity index (χ1n) is 6.54. The van der Waals surface area contributed by atoms with Gasteiger partial charge in [0.15, 0.2) is 0 Å². The van der Waals surface area contributed by atoms with Crippen LogP contribution in [0.1, 0.15) is 21.0 Å². The molecule has 0 aliphatic heterocycles. The summed E-state index contributed by atoms with van der Waals surface area (Å²) in [5.74, 6) is -1.52. The molecule has 0 atom stereocenters. The van der Waals surface area contributed by atoms with E-state index in [9.17, 15) is 14.4 Å². The molecule has 0 saturated heterocycles. The molecule has 2 amide bonds. The molecule has 0 spiro atoms. The van der Waals surface area contributed by atoms with Gasteiger partial charge in [0, 0.05) is 26.5 Å². The van der Waals surface area contributed by atoms with Crippen molar-refractivity contribution in [3.8, 4) is 0 Å². The van der Waals surface area contributed by atoms with E-state index in [1.807, 2.05) is 0 Å². The predicted molar refractivity (Wildman–Crippen MR) is 81.8 cm³/mol. The number of aryl methyl sites for hydroxylation is 2. The fraction of sp³-hybridized carbons (Fsp3) is 0.214. The van der Waals surface area contributed by atoms with Crippen LogP contribution in [0.4, 0.5) is 16.2 Å². The summed E-state index contributed by atoms with van der Waals surface area (Å²) in [6, 6.07) is 2.84. The molecule has 0 aliphatic rings. The summed E-state index contributed by atoms with van der Waals surface area (Å²) in [5, 5.41) is 14.1. The smallest absolute Gasteiger partial charge is 0.411 e. The third kappa shape index (κ3) is 3.51. The summed E-state index contributed by atoms with van der Waals surface area (Å²) in [4.78, 5) is 34.4. The number of ether oxygens (including phenoxy) is 1. The Morgan fingerprint density at radius 1 is 1.00 bits per heavy atom. The maximum Gasteiger partial charge on any atom is 0.411 e. The van der Waals surface area contributed by atoms with Gasteiger partial charge in [-0.2, -0.15) is 0 Å². The van der Waals surface area contributed by atoms with E-state index in [-0.39, 0.29) is 11.4 Å². The highest BCUT2D eigenvalue weighted by atomic mass is 16.5. The zero-order valence-electron chi connectivity index (χ0n) is 12.8. The Labute approximate surface area is 131 Å². The van der Waals surface area contributed by atoms with Gasteiger partial charge < -0.3 is 24.3 Å². The fourth-order valence-electron chi connectivity index (χ4n) is 2.07. The summed E-state index contributed by atoms with van der Waals surface area (Å²) in [7, 11) is 4.45. The van der Waals surface area contributed by atoms with Crippen molar-refractivity contribution < 1.29 is 24.2 Å². The number of anilines is 2. The predicted octanol–water partition coefficient (Wildman–Crippen LogP) is 1.49. The molecule has 122 valence electrons. The van der Waals surface area contributed by atoms with Crippen LogP contribution in [-0.2, 0) is 18.8 Å². The third-order valence-corrected chi connectivity index (χ3v) is 3.15. The minimum Gasteiger partial charge on any atom is -0.477 e. The molecule has 0 fully saturated rings. The molecule has 0 saturated carbocycles. The molecule has 0 bridgehead atoms. The molecule has 9 heteroatoms. The normalized spacial score (nSPS) is 10.2. The van der Waals surface area contributed by atoms with Crippen LogP contribution >= 0.6 is 0 Å². The van der Waals surface area contributed by atoms with Crippen LogP contribution in [0.2, 0.25) is 0 Å². The molecule has 2 aromatic heterocycles. The highest BCUT2D eigenvalue weighted by Crippen LogP contribution is 2.17. The first-order chi connectivity index (χ1) is 10.8. The Morgan fingerprint density at radius 3 is 2.04 bits per heavy atom. The van der Waals surface area contributed by atoms with E-state index < -0.39 is 18.0 Å². The molecule has 23 heavy (non-hydrogen) atoms. The Morgan fingerprint density at radius 2 is 1.52 bits per heavy atom. The monoisotopic (exact) mass is 320 g/mol. The third-order valence-electron chi connectivity index (χ3n) is 3.15. The lowest BCUT2D eigenvalue weighted by Gasteiger charge is -2.03. The summed E-state index contributed by atoms with van der Waals surface area (Å²) in [6.45, 7) is 0. The van der Waals surface area contributed by atoms with Crippen LogP contribution in [0.5, 0.6) is 0 Å². The van der Waals surface area contributed by atoms with E-state index in [4.69, 9.17) is 5.11 Å². The van der Waals surface area contributed by atoms with Gasteiger partial charge in [0.05, 0.1) is 18.5 Å². The van der Waals surface area contributed by atoms with Crippen LogP contribution < -0.4 is 10.6 Å². The summed E-state index contributed by atoms with van der Waals surface area (Å²) in [6.07, 6.45) is 2.41. The number of aromatic carboxylic acids is 1. The number of hydrogen-bond donors (Lipinski definition) is 3. The SMILES string of the molecule is COC(=O)Nc1cc(C(=O)Nc2cc(C(=O)O)n(C)c2)n(C)c1. The van der Waals surface area contributed by atoms with Gasteiger partial charge in [0.2, 0.25) is 0 Å². The molecule has 2 rings (SSSR count). The van der Waals surface area contributed by atoms with E-state index in [1.165, 1.54) is 34.6 Å². The van der Waals surface area contributed by atoms with Gasteiger partial charge in [-0.3, -0.25) is 10.1 Å². The van der Waals surface area contributed by atoms with Gasteiger partial charge in [0.1, 0.15) is 11.4 Å². The Kier molecular flexibility index (Phi) is 4.39. The number of methoxy groups -OCH3 is 1. The van der Waals surface area contributed by atoms with Crippen molar-refractivity contribution in [1.82, 2.24) is 9.13 Å². The molecule has 0 unspecified atom stereocenters. The van der Waals surface area contributed by atoms with E-state index in [2.05, 4.69) is 15.4 Å². The second-order valence-electron chi connectivity index (χ2n) is 4.83. The minimum absolute atomic E-state index is 0.0558. The number of amides is 2. The van der Waals surface area contributed by atoms with Gasteiger partial charge >= 0.3 is 12.1 Å². The molecule has 0 radical (unpaired) electrons. The van der Waals surface area contributed by atoms with Crippen LogP contribution in [0.15, 0.2) is 24.5 Å². The standard InChI is InChI=1S/C14H16N4O5/c1-17-7-9(16-14(22)23-3)4-10(17)12(19)15-8-5-11(13(20)21)18(2)6-8/h4-7H,1-3H3,(H,15,19)(H,16,22)(H,20,21). The summed E-state index contributed by atoms with van der Waals surface area (Å²) in [5.41, 5.74) is 1.11. The lowest BCUT2D eigenvalue weighted by atomic mass is 10.3. The number of nitrogens with zero attached hydrogens (tertiary/aromatic N) is 2. The molecule has 2 aromatic rings. The van der Waals surface area contributed by atoms with E-state index in [1.54, 1.807) is 20.3 Å². The van der Waals surface area contributed by atoms with Crippen LogP contribution in [0.25, 0.3) is 0 Å². The van der Waals surface area contributed by atoms with Gasteiger partial charge in [0.25, 0.3) is 5.91 Å². The molecular formula is C14H16N4O5. The molecular weight excluding hydrogens is 304 g/mol. The van der Waals surface area contributed by atoms with Crippen molar-refractivity contribution >= 4 is 29.3 Å². The summed E-state index contributed by atoms with van der Waals surface area (Å²) < 4.78 is 7.40. The average Bonchev–Trinajstić information content (AvgIpc) is 3.01. The lowest BCUT2D eigenvalue weighted by molar-refractivity contribution is 0.0686. The zero-order valence-corrected chi connectivity index (χ0v) is 12.8.